The number of benzene rings is 1. The Balaban J connectivity index is 1.73. The van der Waals surface area contributed by atoms with Crippen molar-refractivity contribution >= 4 is 5.91 Å². The van der Waals surface area contributed by atoms with Crippen LogP contribution in [0.1, 0.15) is 36.2 Å². The Morgan fingerprint density at radius 1 is 1.40 bits per heavy atom. The van der Waals surface area contributed by atoms with Crippen molar-refractivity contribution in [2.45, 2.75) is 32.2 Å². The van der Waals surface area contributed by atoms with E-state index in [1.807, 2.05) is 35.2 Å². The molecule has 0 N–H and O–H groups in total. The summed E-state index contributed by atoms with van der Waals surface area (Å²) in [7, 11) is 0. The predicted molar refractivity (Wildman–Crippen MR) is 72.9 cm³/mol. The molecule has 2 heterocycles. The lowest BCUT2D eigenvalue weighted by molar-refractivity contribution is -0.131. The van der Waals surface area contributed by atoms with Gasteiger partial charge in [-0.15, -0.1) is 0 Å². The Hall–Kier alpha value is -2.17. The lowest BCUT2D eigenvalue weighted by Crippen LogP contribution is -2.32. The Morgan fingerprint density at radius 3 is 2.90 bits per heavy atom. The summed E-state index contributed by atoms with van der Waals surface area (Å²) in [4.78, 5) is 18.6. The minimum Gasteiger partial charge on any atom is -0.337 e. The largest absolute Gasteiger partial charge is 0.337 e. The molecular formula is C15H17N3O2. The maximum absolute atomic E-state index is 12.4. The Labute approximate surface area is 117 Å². The van der Waals surface area contributed by atoms with Crippen molar-refractivity contribution in [3.05, 3.63) is 47.6 Å². The van der Waals surface area contributed by atoms with Gasteiger partial charge in [-0.25, -0.2) is 0 Å². The van der Waals surface area contributed by atoms with Gasteiger partial charge >= 0.3 is 0 Å². The Bertz CT molecular complexity index is 594. The number of nitrogens with zero attached hydrogens (tertiary/aromatic N) is 3. The van der Waals surface area contributed by atoms with Crippen LogP contribution in [0.5, 0.6) is 0 Å². The van der Waals surface area contributed by atoms with Gasteiger partial charge in [-0.3, -0.25) is 4.79 Å². The summed E-state index contributed by atoms with van der Waals surface area (Å²) in [5.74, 6) is 1.29. The third-order valence-corrected chi connectivity index (χ3v) is 3.60. The second kappa shape index (κ2) is 5.45. The van der Waals surface area contributed by atoms with Gasteiger partial charge in [0.1, 0.15) is 6.04 Å². The van der Waals surface area contributed by atoms with E-state index < -0.39 is 0 Å². The summed E-state index contributed by atoms with van der Waals surface area (Å²) in [5, 5.41) is 3.81. The first-order valence-electron chi connectivity index (χ1n) is 6.87. The van der Waals surface area contributed by atoms with E-state index in [9.17, 15) is 4.79 Å². The highest BCUT2D eigenvalue weighted by molar-refractivity contribution is 5.79. The van der Waals surface area contributed by atoms with Crippen molar-refractivity contribution < 1.29 is 9.32 Å². The summed E-state index contributed by atoms with van der Waals surface area (Å²) in [6, 6.07) is 9.73. The van der Waals surface area contributed by atoms with Crippen molar-refractivity contribution in [2.75, 3.05) is 6.54 Å². The van der Waals surface area contributed by atoms with Gasteiger partial charge in [0.25, 0.3) is 0 Å². The predicted octanol–water partition coefficient (Wildman–Crippen LogP) is 2.28. The number of amides is 1. The second-order valence-corrected chi connectivity index (χ2v) is 5.09. The van der Waals surface area contributed by atoms with E-state index in [2.05, 4.69) is 10.1 Å². The molecule has 2 aromatic rings. The van der Waals surface area contributed by atoms with E-state index in [1.165, 1.54) is 0 Å². The molecule has 1 aromatic heterocycles. The van der Waals surface area contributed by atoms with Crippen LogP contribution in [0.2, 0.25) is 0 Å². The van der Waals surface area contributed by atoms with Gasteiger partial charge in [-0.2, -0.15) is 4.98 Å². The molecule has 3 rings (SSSR count). The zero-order valence-corrected chi connectivity index (χ0v) is 11.5. The second-order valence-electron chi connectivity index (χ2n) is 5.09. The summed E-state index contributed by atoms with van der Waals surface area (Å²) in [5.41, 5.74) is 1.03. The van der Waals surface area contributed by atoms with Crippen LogP contribution in [0.4, 0.5) is 0 Å². The summed E-state index contributed by atoms with van der Waals surface area (Å²) < 4.78 is 5.22. The molecule has 1 unspecified atom stereocenters. The van der Waals surface area contributed by atoms with Crippen LogP contribution < -0.4 is 0 Å². The number of aryl methyl sites for hydroxylation is 1. The van der Waals surface area contributed by atoms with Crippen LogP contribution in [-0.4, -0.2) is 27.5 Å². The minimum atomic E-state index is -0.0626. The lowest BCUT2D eigenvalue weighted by Gasteiger charge is -2.21. The highest BCUT2D eigenvalue weighted by atomic mass is 16.5. The van der Waals surface area contributed by atoms with Crippen molar-refractivity contribution in [3.8, 4) is 0 Å². The number of hydrogen-bond acceptors (Lipinski definition) is 4. The van der Waals surface area contributed by atoms with Crippen LogP contribution in [0.3, 0.4) is 0 Å². The summed E-state index contributed by atoms with van der Waals surface area (Å²) >= 11 is 0. The number of aromatic nitrogens is 2. The first-order valence-corrected chi connectivity index (χ1v) is 6.87. The van der Waals surface area contributed by atoms with Crippen LogP contribution in [-0.2, 0) is 11.2 Å². The monoisotopic (exact) mass is 271 g/mol. The molecule has 0 bridgehead atoms. The Kier molecular flexibility index (Phi) is 3.50. The number of carbonyl (C=O) groups is 1. The zero-order valence-electron chi connectivity index (χ0n) is 11.5. The standard InChI is InChI=1S/C15H17N3O2/c1-11-16-15(20-17-11)13-8-5-9-18(13)14(19)10-12-6-3-2-4-7-12/h2-4,6-7,13H,5,8-10H2,1H3. The maximum atomic E-state index is 12.4. The molecule has 1 aromatic carbocycles. The van der Waals surface area contributed by atoms with Crippen LogP contribution >= 0.6 is 0 Å². The van der Waals surface area contributed by atoms with E-state index in [1.54, 1.807) is 6.92 Å². The average molecular weight is 271 g/mol. The number of rotatable bonds is 3. The quantitative estimate of drug-likeness (QED) is 0.859. The van der Waals surface area contributed by atoms with Gasteiger partial charge in [0, 0.05) is 6.54 Å². The topological polar surface area (TPSA) is 59.2 Å². The fourth-order valence-electron chi connectivity index (χ4n) is 2.64. The number of likely N-dealkylation sites (tertiary alicyclic amines) is 1. The van der Waals surface area contributed by atoms with Crippen molar-refractivity contribution in [1.82, 2.24) is 15.0 Å². The molecule has 104 valence electrons. The third kappa shape index (κ3) is 2.57. The number of hydrogen-bond donors (Lipinski definition) is 0. The average Bonchev–Trinajstić information content (AvgIpc) is 3.08. The Morgan fingerprint density at radius 2 is 2.20 bits per heavy atom. The molecule has 1 atom stereocenters. The molecule has 0 spiro atoms. The molecule has 1 amide bonds. The SMILES string of the molecule is Cc1noc(C2CCCN2C(=O)Cc2ccccc2)n1. The highest BCUT2D eigenvalue weighted by Gasteiger charge is 2.33. The van der Waals surface area contributed by atoms with Crippen LogP contribution in [0.15, 0.2) is 34.9 Å². The van der Waals surface area contributed by atoms with Gasteiger partial charge < -0.3 is 9.42 Å². The van der Waals surface area contributed by atoms with Gasteiger partial charge in [0.15, 0.2) is 5.82 Å². The molecule has 1 saturated heterocycles. The van der Waals surface area contributed by atoms with E-state index in [0.717, 1.165) is 24.9 Å². The minimum absolute atomic E-state index is 0.0626. The number of carbonyl (C=O) groups excluding carboxylic acids is 1. The van der Waals surface area contributed by atoms with Crippen molar-refractivity contribution in [3.63, 3.8) is 0 Å². The molecule has 0 aliphatic carbocycles. The zero-order chi connectivity index (χ0) is 13.9. The van der Waals surface area contributed by atoms with E-state index in [-0.39, 0.29) is 11.9 Å². The summed E-state index contributed by atoms with van der Waals surface area (Å²) in [6.07, 6.45) is 2.29. The molecule has 1 aliphatic rings. The molecule has 0 saturated carbocycles. The molecule has 5 nitrogen and oxygen atoms in total. The van der Waals surface area contributed by atoms with Crippen LogP contribution in [0.25, 0.3) is 0 Å². The summed E-state index contributed by atoms with van der Waals surface area (Å²) in [6.45, 7) is 2.55. The molecular weight excluding hydrogens is 254 g/mol. The van der Waals surface area contributed by atoms with E-state index >= 15 is 0 Å². The van der Waals surface area contributed by atoms with E-state index in [0.29, 0.717) is 18.1 Å². The van der Waals surface area contributed by atoms with Crippen LogP contribution in [0, 0.1) is 6.92 Å². The first kappa shape index (κ1) is 12.8. The highest BCUT2D eigenvalue weighted by Crippen LogP contribution is 2.31. The van der Waals surface area contributed by atoms with Gasteiger partial charge in [-0.05, 0) is 25.3 Å². The molecule has 20 heavy (non-hydrogen) atoms. The van der Waals surface area contributed by atoms with Gasteiger partial charge in [0.2, 0.25) is 11.8 Å². The first-order chi connectivity index (χ1) is 9.74. The lowest BCUT2D eigenvalue weighted by atomic mass is 10.1. The van der Waals surface area contributed by atoms with E-state index in [4.69, 9.17) is 4.52 Å². The van der Waals surface area contributed by atoms with Crippen molar-refractivity contribution in [1.29, 1.82) is 0 Å². The maximum Gasteiger partial charge on any atom is 0.249 e. The van der Waals surface area contributed by atoms with Gasteiger partial charge in [0.05, 0.1) is 6.42 Å². The molecule has 1 fully saturated rings. The molecule has 0 radical (unpaired) electrons. The fourth-order valence-corrected chi connectivity index (χ4v) is 2.64. The third-order valence-electron chi connectivity index (χ3n) is 3.60. The normalized spacial score (nSPS) is 18.4. The molecule has 1 aliphatic heterocycles. The van der Waals surface area contributed by atoms with Crippen molar-refractivity contribution in [2.24, 2.45) is 0 Å². The smallest absolute Gasteiger partial charge is 0.249 e. The van der Waals surface area contributed by atoms with Gasteiger partial charge in [-0.1, -0.05) is 35.5 Å². The molecule has 5 heteroatoms. The fraction of sp³-hybridized carbons (Fsp3) is 0.400.